The number of anilines is 1. The number of benzene rings is 2. The molecule has 110 valence electrons. The first-order valence-corrected chi connectivity index (χ1v) is 6.47. The van der Waals surface area contributed by atoms with Crippen LogP contribution >= 0.6 is 0 Å². The zero-order valence-corrected chi connectivity index (χ0v) is 11.6. The predicted molar refractivity (Wildman–Crippen MR) is 79.5 cm³/mol. The van der Waals surface area contributed by atoms with E-state index in [1.54, 1.807) is 6.92 Å². The van der Waals surface area contributed by atoms with Crippen LogP contribution in [-0.4, -0.2) is 4.92 Å². The summed E-state index contributed by atoms with van der Waals surface area (Å²) >= 11 is 0. The Labute approximate surface area is 121 Å². The van der Waals surface area contributed by atoms with E-state index < -0.39 is 10.7 Å². The second kappa shape index (κ2) is 6.32. The Kier molecular flexibility index (Phi) is 4.49. The van der Waals surface area contributed by atoms with Crippen molar-refractivity contribution >= 4 is 11.4 Å². The van der Waals surface area contributed by atoms with Crippen molar-refractivity contribution in [3.05, 3.63) is 69.0 Å². The van der Waals surface area contributed by atoms with Gasteiger partial charge < -0.3 is 11.1 Å². The van der Waals surface area contributed by atoms with Crippen LogP contribution in [0.4, 0.5) is 15.8 Å². The minimum absolute atomic E-state index is 0.267. The van der Waals surface area contributed by atoms with E-state index in [0.717, 1.165) is 17.2 Å². The average Bonchev–Trinajstić information content (AvgIpc) is 2.48. The lowest BCUT2D eigenvalue weighted by Gasteiger charge is -2.09. The van der Waals surface area contributed by atoms with Crippen molar-refractivity contribution in [1.29, 1.82) is 0 Å². The smallest absolute Gasteiger partial charge is 0.295 e. The fourth-order valence-electron chi connectivity index (χ4n) is 1.95. The largest absolute Gasteiger partial charge is 0.375 e. The maximum atomic E-state index is 13.4. The lowest BCUT2D eigenvalue weighted by atomic mass is 10.1. The summed E-state index contributed by atoms with van der Waals surface area (Å²) in [5.74, 6) is -0.584. The number of hydrogen-bond donors (Lipinski definition) is 2. The topological polar surface area (TPSA) is 81.2 Å². The number of aryl methyl sites for hydroxylation is 1. The van der Waals surface area contributed by atoms with E-state index in [1.807, 2.05) is 24.3 Å². The minimum Gasteiger partial charge on any atom is -0.375 e. The quantitative estimate of drug-likeness (QED) is 0.654. The Hall–Kier alpha value is -2.47. The van der Waals surface area contributed by atoms with Crippen molar-refractivity contribution in [3.8, 4) is 0 Å². The Morgan fingerprint density at radius 1 is 1.24 bits per heavy atom. The van der Waals surface area contributed by atoms with Crippen LogP contribution in [0.3, 0.4) is 0 Å². The molecular weight excluding hydrogens is 273 g/mol. The lowest BCUT2D eigenvalue weighted by Crippen LogP contribution is -2.04. The van der Waals surface area contributed by atoms with Gasteiger partial charge in [0.15, 0.2) is 0 Å². The van der Waals surface area contributed by atoms with Gasteiger partial charge in [0.05, 0.1) is 11.0 Å². The van der Waals surface area contributed by atoms with Crippen LogP contribution < -0.4 is 11.1 Å². The molecule has 0 bridgehead atoms. The van der Waals surface area contributed by atoms with Crippen LogP contribution in [0.5, 0.6) is 0 Å². The van der Waals surface area contributed by atoms with Crippen LogP contribution in [0.2, 0.25) is 0 Å². The molecule has 2 aromatic carbocycles. The van der Waals surface area contributed by atoms with Crippen LogP contribution in [0.15, 0.2) is 36.4 Å². The molecule has 2 aromatic rings. The van der Waals surface area contributed by atoms with Crippen molar-refractivity contribution < 1.29 is 9.31 Å². The summed E-state index contributed by atoms with van der Waals surface area (Å²) in [6.07, 6.45) is 0. The molecule has 0 aliphatic rings. The molecule has 0 heterocycles. The molecule has 0 saturated carbocycles. The summed E-state index contributed by atoms with van der Waals surface area (Å²) < 4.78 is 13.4. The molecule has 3 N–H and O–H groups in total. The van der Waals surface area contributed by atoms with Crippen LogP contribution in [0.25, 0.3) is 0 Å². The normalized spacial score (nSPS) is 10.4. The monoisotopic (exact) mass is 289 g/mol. The molecular formula is C15H16FN3O2. The van der Waals surface area contributed by atoms with E-state index in [0.29, 0.717) is 24.3 Å². The maximum absolute atomic E-state index is 13.4. The minimum atomic E-state index is -0.595. The average molecular weight is 289 g/mol. The summed E-state index contributed by atoms with van der Waals surface area (Å²) in [6, 6.07) is 9.99. The first-order valence-electron chi connectivity index (χ1n) is 6.47. The van der Waals surface area contributed by atoms with Gasteiger partial charge in [0.25, 0.3) is 5.69 Å². The first kappa shape index (κ1) is 14.9. The van der Waals surface area contributed by atoms with Crippen molar-refractivity contribution in [3.63, 3.8) is 0 Å². The van der Waals surface area contributed by atoms with Crippen LogP contribution in [-0.2, 0) is 13.1 Å². The molecule has 5 nitrogen and oxygen atoms in total. The standard InChI is InChI=1S/C15H16FN3O2/c1-10-6-14(15(19(20)21)7-13(10)16)18-9-12-4-2-11(8-17)3-5-12/h2-7,18H,8-9,17H2,1H3. The van der Waals surface area contributed by atoms with E-state index in [4.69, 9.17) is 5.73 Å². The number of hydrogen-bond acceptors (Lipinski definition) is 4. The predicted octanol–water partition coefficient (Wildman–Crippen LogP) is 3.11. The molecule has 0 atom stereocenters. The molecule has 0 unspecified atom stereocenters. The zero-order chi connectivity index (χ0) is 15.4. The molecule has 0 amide bonds. The molecule has 2 rings (SSSR count). The summed E-state index contributed by atoms with van der Waals surface area (Å²) in [6.45, 7) is 2.45. The lowest BCUT2D eigenvalue weighted by molar-refractivity contribution is -0.384. The van der Waals surface area contributed by atoms with Gasteiger partial charge in [-0.1, -0.05) is 24.3 Å². The molecule has 0 fully saturated rings. The molecule has 0 radical (unpaired) electrons. The molecule has 21 heavy (non-hydrogen) atoms. The molecule has 0 aliphatic carbocycles. The van der Waals surface area contributed by atoms with Crippen LogP contribution in [0.1, 0.15) is 16.7 Å². The number of nitrogens with one attached hydrogen (secondary N) is 1. The summed E-state index contributed by atoms with van der Waals surface area (Å²) in [4.78, 5) is 10.4. The van der Waals surface area contributed by atoms with Crippen molar-refractivity contribution in [2.45, 2.75) is 20.0 Å². The highest BCUT2D eigenvalue weighted by Gasteiger charge is 2.16. The second-order valence-electron chi connectivity index (χ2n) is 4.75. The second-order valence-corrected chi connectivity index (χ2v) is 4.75. The molecule has 0 saturated heterocycles. The molecule has 0 spiro atoms. The zero-order valence-electron chi connectivity index (χ0n) is 11.6. The van der Waals surface area contributed by atoms with Crippen molar-refractivity contribution in [2.75, 3.05) is 5.32 Å². The van der Waals surface area contributed by atoms with Gasteiger partial charge in [-0.15, -0.1) is 0 Å². The number of nitro groups is 1. The first-order chi connectivity index (χ1) is 10.0. The number of halogens is 1. The summed E-state index contributed by atoms with van der Waals surface area (Å²) in [5, 5.41) is 13.9. The van der Waals surface area contributed by atoms with E-state index in [1.165, 1.54) is 6.07 Å². The molecule has 0 aromatic heterocycles. The van der Waals surface area contributed by atoms with Gasteiger partial charge in [0, 0.05) is 13.1 Å². The number of nitrogens with two attached hydrogens (primary N) is 1. The number of rotatable bonds is 5. The molecule has 0 aliphatic heterocycles. The van der Waals surface area contributed by atoms with E-state index >= 15 is 0 Å². The van der Waals surface area contributed by atoms with Gasteiger partial charge in [-0.2, -0.15) is 0 Å². The third kappa shape index (κ3) is 3.55. The van der Waals surface area contributed by atoms with Crippen LogP contribution in [0, 0.1) is 22.9 Å². The molecule has 6 heteroatoms. The Bertz CT molecular complexity index is 657. The highest BCUT2D eigenvalue weighted by molar-refractivity contribution is 5.63. The highest BCUT2D eigenvalue weighted by atomic mass is 19.1. The van der Waals surface area contributed by atoms with E-state index in [9.17, 15) is 14.5 Å². The summed E-state index contributed by atoms with van der Waals surface area (Å²) in [7, 11) is 0. The Morgan fingerprint density at radius 3 is 2.43 bits per heavy atom. The fourth-order valence-corrected chi connectivity index (χ4v) is 1.95. The number of nitrogens with zero attached hydrogens (tertiary/aromatic N) is 1. The Morgan fingerprint density at radius 2 is 1.86 bits per heavy atom. The third-order valence-electron chi connectivity index (χ3n) is 3.22. The van der Waals surface area contributed by atoms with Gasteiger partial charge >= 0.3 is 0 Å². The third-order valence-corrected chi connectivity index (χ3v) is 3.22. The summed E-state index contributed by atoms with van der Waals surface area (Å²) in [5.41, 5.74) is 7.90. The SMILES string of the molecule is Cc1cc(NCc2ccc(CN)cc2)c([N+](=O)[O-])cc1F. The van der Waals surface area contributed by atoms with Crippen molar-refractivity contribution in [2.24, 2.45) is 5.73 Å². The fraction of sp³-hybridized carbons (Fsp3) is 0.200. The van der Waals surface area contributed by atoms with Gasteiger partial charge in [-0.05, 0) is 29.7 Å². The highest BCUT2D eigenvalue weighted by Crippen LogP contribution is 2.27. The Balaban J connectivity index is 2.18. The van der Waals surface area contributed by atoms with Gasteiger partial charge in [0.2, 0.25) is 0 Å². The number of nitro benzene ring substituents is 1. The van der Waals surface area contributed by atoms with Gasteiger partial charge in [0.1, 0.15) is 11.5 Å². The maximum Gasteiger partial charge on any atom is 0.295 e. The van der Waals surface area contributed by atoms with Crippen molar-refractivity contribution in [1.82, 2.24) is 0 Å². The van der Waals surface area contributed by atoms with Gasteiger partial charge in [-0.25, -0.2) is 4.39 Å². The van der Waals surface area contributed by atoms with E-state index in [2.05, 4.69) is 5.32 Å². The van der Waals surface area contributed by atoms with E-state index in [-0.39, 0.29) is 5.69 Å². The van der Waals surface area contributed by atoms with Gasteiger partial charge in [-0.3, -0.25) is 10.1 Å².